The molecule has 0 atom stereocenters. The lowest BCUT2D eigenvalue weighted by Crippen LogP contribution is -2.09. The van der Waals surface area contributed by atoms with Gasteiger partial charge in [-0.1, -0.05) is 24.3 Å². The number of H-pyrrole nitrogens is 1. The molecule has 2 N–H and O–H groups in total. The number of fused-ring (bicyclic) bond motifs is 1. The van der Waals surface area contributed by atoms with Crippen molar-refractivity contribution in [2.45, 2.75) is 0 Å². The van der Waals surface area contributed by atoms with E-state index in [-0.39, 0.29) is 11.6 Å². The summed E-state index contributed by atoms with van der Waals surface area (Å²) in [5, 5.41) is 3.76. The first-order valence-electron chi connectivity index (χ1n) is 7.72. The van der Waals surface area contributed by atoms with Crippen molar-refractivity contribution in [2.24, 2.45) is 0 Å². The molecule has 0 saturated heterocycles. The average Bonchev–Trinajstić information content (AvgIpc) is 2.63. The van der Waals surface area contributed by atoms with Gasteiger partial charge in [-0.05, 0) is 30.3 Å². The molecule has 0 bridgehead atoms. The van der Waals surface area contributed by atoms with Crippen LogP contribution in [-0.2, 0) is 0 Å². The van der Waals surface area contributed by atoms with E-state index in [1.54, 1.807) is 18.3 Å². The third-order valence-electron chi connectivity index (χ3n) is 3.60. The topological polar surface area (TPSA) is 79.9 Å². The number of pyridine rings is 1. The number of nitrogens with one attached hydrogen (secondary N) is 2. The Morgan fingerprint density at radius 3 is 2.68 bits per heavy atom. The van der Waals surface area contributed by atoms with Gasteiger partial charge in [0.1, 0.15) is 5.75 Å². The van der Waals surface area contributed by atoms with Crippen LogP contribution in [0.1, 0.15) is 0 Å². The van der Waals surface area contributed by atoms with Crippen LogP contribution in [0.3, 0.4) is 0 Å². The van der Waals surface area contributed by atoms with Gasteiger partial charge in [0.25, 0.3) is 5.56 Å². The predicted octanol–water partition coefficient (Wildman–Crippen LogP) is 3.85. The number of ether oxygens (including phenoxy) is 1. The summed E-state index contributed by atoms with van der Waals surface area (Å²) in [6.45, 7) is 0. The molecule has 0 aliphatic carbocycles. The highest BCUT2D eigenvalue weighted by molar-refractivity contribution is 5.76. The fraction of sp³-hybridized carbons (Fsp3) is 0. The first kappa shape index (κ1) is 14.9. The highest BCUT2D eigenvalue weighted by atomic mass is 16.5. The maximum absolute atomic E-state index is 12.1. The molecule has 2 aromatic heterocycles. The van der Waals surface area contributed by atoms with E-state index < -0.39 is 0 Å². The second-order valence-electron chi connectivity index (χ2n) is 5.38. The van der Waals surface area contributed by atoms with Crippen LogP contribution >= 0.6 is 0 Å². The zero-order valence-corrected chi connectivity index (χ0v) is 13.1. The van der Waals surface area contributed by atoms with E-state index in [9.17, 15) is 4.79 Å². The molecule has 0 saturated carbocycles. The van der Waals surface area contributed by atoms with Crippen molar-refractivity contribution in [3.05, 3.63) is 83.4 Å². The Morgan fingerprint density at radius 1 is 0.960 bits per heavy atom. The largest absolute Gasteiger partial charge is 0.425 e. The molecule has 0 aliphatic rings. The molecule has 0 aliphatic heterocycles. The standard InChI is InChI=1S/C19H14N4O2/c24-18-16-9-10-20-12-17(16)22-19(23-18)25-15-8-4-7-14(11-15)21-13-5-2-1-3-6-13/h1-12,21H,(H,22,23,24). The van der Waals surface area contributed by atoms with E-state index in [0.717, 1.165) is 11.4 Å². The van der Waals surface area contributed by atoms with E-state index in [4.69, 9.17) is 4.74 Å². The zero-order valence-electron chi connectivity index (χ0n) is 13.1. The Balaban J connectivity index is 1.61. The molecule has 4 aromatic rings. The monoisotopic (exact) mass is 330 g/mol. The molecule has 122 valence electrons. The summed E-state index contributed by atoms with van der Waals surface area (Å²) in [4.78, 5) is 23.0. The van der Waals surface area contributed by atoms with Crippen LogP contribution in [-0.4, -0.2) is 15.0 Å². The first-order valence-corrected chi connectivity index (χ1v) is 7.72. The number of hydrogen-bond donors (Lipinski definition) is 2. The quantitative estimate of drug-likeness (QED) is 0.594. The van der Waals surface area contributed by atoms with Crippen molar-refractivity contribution in [3.63, 3.8) is 0 Å². The number of nitrogens with zero attached hydrogens (tertiary/aromatic N) is 2. The number of aromatic nitrogens is 3. The van der Waals surface area contributed by atoms with Gasteiger partial charge in [-0.2, -0.15) is 4.98 Å². The van der Waals surface area contributed by atoms with Crippen molar-refractivity contribution < 1.29 is 4.74 Å². The molecule has 0 amide bonds. The Kier molecular flexibility index (Phi) is 3.84. The molecular formula is C19H14N4O2. The summed E-state index contributed by atoms with van der Waals surface area (Å²) in [5.41, 5.74) is 2.07. The van der Waals surface area contributed by atoms with E-state index in [1.807, 2.05) is 48.5 Å². The lowest BCUT2D eigenvalue weighted by molar-refractivity contribution is 0.443. The molecule has 6 heteroatoms. The number of rotatable bonds is 4. The lowest BCUT2D eigenvalue weighted by atomic mass is 10.2. The minimum Gasteiger partial charge on any atom is -0.425 e. The molecule has 0 spiro atoms. The van der Waals surface area contributed by atoms with Crippen LogP contribution in [0.2, 0.25) is 0 Å². The minimum absolute atomic E-state index is 0.127. The van der Waals surface area contributed by atoms with Crippen molar-refractivity contribution in [3.8, 4) is 11.8 Å². The Hall–Kier alpha value is -3.67. The number of anilines is 2. The third-order valence-corrected chi connectivity index (χ3v) is 3.60. The van der Waals surface area contributed by atoms with E-state index in [2.05, 4.69) is 20.3 Å². The summed E-state index contributed by atoms with van der Waals surface area (Å²) >= 11 is 0. The van der Waals surface area contributed by atoms with E-state index >= 15 is 0 Å². The van der Waals surface area contributed by atoms with Gasteiger partial charge < -0.3 is 10.1 Å². The van der Waals surface area contributed by atoms with E-state index in [0.29, 0.717) is 16.7 Å². The van der Waals surface area contributed by atoms with E-state index in [1.165, 1.54) is 6.20 Å². The van der Waals surface area contributed by atoms with Crippen LogP contribution < -0.4 is 15.6 Å². The lowest BCUT2D eigenvalue weighted by Gasteiger charge is -2.09. The van der Waals surface area contributed by atoms with Crippen LogP contribution in [0.5, 0.6) is 11.8 Å². The van der Waals surface area contributed by atoms with Crippen molar-refractivity contribution in [1.29, 1.82) is 0 Å². The van der Waals surface area contributed by atoms with Gasteiger partial charge in [-0.3, -0.25) is 14.8 Å². The molecule has 4 rings (SSSR count). The molecule has 2 aromatic carbocycles. The fourth-order valence-corrected chi connectivity index (χ4v) is 2.45. The van der Waals surface area contributed by atoms with Crippen molar-refractivity contribution in [1.82, 2.24) is 15.0 Å². The van der Waals surface area contributed by atoms with Gasteiger partial charge in [0.05, 0.1) is 17.1 Å². The molecule has 2 heterocycles. The van der Waals surface area contributed by atoms with Gasteiger partial charge in [0, 0.05) is 23.6 Å². The van der Waals surface area contributed by atoms with Crippen LogP contribution in [0.15, 0.2) is 77.9 Å². The number of hydrogen-bond acceptors (Lipinski definition) is 5. The summed E-state index contributed by atoms with van der Waals surface area (Å²) in [5.74, 6) is 0.562. The number of para-hydroxylation sites is 1. The SMILES string of the molecule is O=c1[nH]c(Oc2cccc(Nc3ccccc3)c2)nc2cnccc12. The normalized spacial score (nSPS) is 10.6. The third kappa shape index (κ3) is 3.32. The number of aromatic amines is 1. The van der Waals surface area contributed by atoms with Gasteiger partial charge in [0.2, 0.25) is 0 Å². The van der Waals surface area contributed by atoms with Crippen LogP contribution in [0, 0.1) is 0 Å². The number of benzene rings is 2. The fourth-order valence-electron chi connectivity index (χ4n) is 2.45. The molecule has 25 heavy (non-hydrogen) atoms. The zero-order chi connectivity index (χ0) is 17.1. The molecule has 0 fully saturated rings. The Bertz CT molecular complexity index is 1080. The maximum atomic E-state index is 12.1. The maximum Gasteiger partial charge on any atom is 0.302 e. The Morgan fingerprint density at radius 2 is 1.80 bits per heavy atom. The highest BCUT2D eigenvalue weighted by Crippen LogP contribution is 2.24. The van der Waals surface area contributed by atoms with Crippen molar-refractivity contribution >= 4 is 22.3 Å². The van der Waals surface area contributed by atoms with Gasteiger partial charge in [0.15, 0.2) is 0 Å². The second kappa shape index (κ2) is 6.45. The molecule has 0 radical (unpaired) electrons. The summed E-state index contributed by atoms with van der Waals surface area (Å²) in [7, 11) is 0. The highest BCUT2D eigenvalue weighted by Gasteiger charge is 2.06. The second-order valence-corrected chi connectivity index (χ2v) is 5.38. The molecule has 0 unspecified atom stereocenters. The van der Waals surface area contributed by atoms with Crippen LogP contribution in [0.4, 0.5) is 11.4 Å². The summed E-state index contributed by atoms with van der Waals surface area (Å²) in [6, 6.07) is 19.0. The molecular weight excluding hydrogens is 316 g/mol. The smallest absolute Gasteiger partial charge is 0.302 e. The average molecular weight is 330 g/mol. The van der Waals surface area contributed by atoms with Gasteiger partial charge in [-0.25, -0.2) is 0 Å². The molecule has 6 nitrogen and oxygen atoms in total. The summed E-state index contributed by atoms with van der Waals surface area (Å²) < 4.78 is 5.71. The first-order chi connectivity index (χ1) is 12.3. The van der Waals surface area contributed by atoms with Crippen molar-refractivity contribution in [2.75, 3.05) is 5.32 Å². The summed E-state index contributed by atoms with van der Waals surface area (Å²) in [6.07, 6.45) is 3.09. The van der Waals surface area contributed by atoms with Gasteiger partial charge in [-0.15, -0.1) is 0 Å². The van der Waals surface area contributed by atoms with Gasteiger partial charge >= 0.3 is 6.01 Å². The predicted molar refractivity (Wildman–Crippen MR) is 96.4 cm³/mol. The van der Waals surface area contributed by atoms with Crippen LogP contribution in [0.25, 0.3) is 10.9 Å². The minimum atomic E-state index is -0.263. The Labute approximate surface area is 143 Å².